The van der Waals surface area contributed by atoms with E-state index in [2.05, 4.69) is 20.6 Å². The molecule has 4 aliphatic heterocycles. The number of nitrogens with one attached hydrogen (secondary N) is 3. The summed E-state index contributed by atoms with van der Waals surface area (Å²) in [4.78, 5) is 70.1. The second kappa shape index (κ2) is 17.9. The van der Waals surface area contributed by atoms with Gasteiger partial charge in [0.2, 0.25) is 5.91 Å². The van der Waals surface area contributed by atoms with Gasteiger partial charge in [0.05, 0.1) is 43.9 Å². The summed E-state index contributed by atoms with van der Waals surface area (Å²) >= 11 is 0. The molecule has 4 amide bonds. The summed E-state index contributed by atoms with van der Waals surface area (Å²) in [6.45, 7) is 1.52. The summed E-state index contributed by atoms with van der Waals surface area (Å²) in [5, 5.41) is 5.54. The van der Waals surface area contributed by atoms with Crippen molar-refractivity contribution in [3.05, 3.63) is 119 Å². The third-order valence-corrected chi connectivity index (χ3v) is 15.3. The van der Waals surface area contributed by atoms with Crippen molar-refractivity contribution < 1.29 is 42.2 Å². The lowest BCUT2D eigenvalue weighted by Crippen LogP contribution is -2.58. The fourth-order valence-electron chi connectivity index (χ4n) is 11.9. The van der Waals surface area contributed by atoms with Gasteiger partial charge in [0.15, 0.2) is 0 Å². The number of alkyl carbamates (subject to hydrolysis) is 2. The zero-order valence-corrected chi connectivity index (χ0v) is 38.4. The molecule has 356 valence electrons. The summed E-state index contributed by atoms with van der Waals surface area (Å²) in [5.74, 6) is -2.96. The molecule has 1 saturated carbocycles. The highest BCUT2D eigenvalue weighted by atomic mass is 19.3. The van der Waals surface area contributed by atoms with Crippen LogP contribution in [0, 0.1) is 11.8 Å². The van der Waals surface area contributed by atoms with Crippen molar-refractivity contribution in [2.75, 3.05) is 34.0 Å². The van der Waals surface area contributed by atoms with Crippen molar-refractivity contribution in [1.82, 2.24) is 30.4 Å². The number of H-pyrrole nitrogens is 1. The van der Waals surface area contributed by atoms with Crippen LogP contribution in [-0.4, -0.2) is 102 Å². The Morgan fingerprint density at radius 3 is 2.26 bits per heavy atom. The summed E-state index contributed by atoms with van der Waals surface area (Å²) in [7, 11) is 2.55. The highest BCUT2D eigenvalue weighted by molar-refractivity contribution is 6.02. The Kier molecular flexibility index (Phi) is 11.5. The number of likely N-dealkylation sites (tertiary alicyclic amines) is 2. The first-order valence-corrected chi connectivity index (χ1v) is 23.9. The van der Waals surface area contributed by atoms with E-state index in [1.54, 1.807) is 53.6 Å². The van der Waals surface area contributed by atoms with E-state index in [-0.39, 0.29) is 46.9 Å². The van der Waals surface area contributed by atoms with Gasteiger partial charge in [-0.15, -0.1) is 0 Å². The normalized spacial score (nSPS) is 22.9. The van der Waals surface area contributed by atoms with Crippen molar-refractivity contribution in [3.63, 3.8) is 0 Å². The van der Waals surface area contributed by atoms with Crippen LogP contribution in [0.5, 0.6) is 0 Å². The lowest BCUT2D eigenvalue weighted by Gasteiger charge is -2.40. The van der Waals surface area contributed by atoms with E-state index in [1.165, 1.54) is 20.3 Å². The van der Waals surface area contributed by atoms with Gasteiger partial charge >= 0.3 is 12.2 Å². The standard InChI is InChI=1S/C53H53F2N7O7/c1-67-51(65)59-45(29-7-4-3-5-8-29)49(63)61-20-6-9-44(61)48-56-28-43(58-48)33-12-16-38-37-15-11-32(25-39(37)53(54,55)40(38)26-33)31-13-17-41-35(23-31)27-42(57-41)47-34-10-14-36(24-34)62(47)50(64)46(60-52(66)68-2)30-18-21-69-22-19-30/h3-5,7-8,11-13,15-17,23,25-26,28,30,34,36,44-47H,6,9-10,14,18-22,24,27H2,1-2H3,(H,56,58)(H,59,65)(H,60,66)/t34-,36-,44+,45-,46+,47+/m1/s1. The number of aliphatic imine (C=N–C) groups is 1. The van der Waals surface area contributed by atoms with Gasteiger partial charge < -0.3 is 39.6 Å². The second-order valence-corrected chi connectivity index (χ2v) is 19.1. The molecular weight excluding hydrogens is 885 g/mol. The Morgan fingerprint density at radius 2 is 1.51 bits per heavy atom. The maximum Gasteiger partial charge on any atom is 0.407 e. The lowest BCUT2D eigenvalue weighted by atomic mass is 9.88. The van der Waals surface area contributed by atoms with E-state index in [9.17, 15) is 19.2 Å². The average molecular weight is 938 g/mol. The number of aromatic nitrogens is 2. The number of alkyl halides is 2. The van der Waals surface area contributed by atoms with Gasteiger partial charge in [0.1, 0.15) is 17.9 Å². The number of aromatic amines is 1. The topological polar surface area (TPSA) is 168 Å². The molecule has 3 N–H and O–H groups in total. The van der Waals surface area contributed by atoms with Crippen LogP contribution in [0.3, 0.4) is 0 Å². The number of rotatable bonds is 10. The number of carbonyl (C=O) groups is 4. The molecule has 0 radical (unpaired) electrons. The molecule has 2 aliphatic carbocycles. The molecule has 14 nitrogen and oxygen atoms in total. The van der Waals surface area contributed by atoms with Gasteiger partial charge in [0, 0.05) is 54.6 Å². The van der Waals surface area contributed by atoms with E-state index in [1.807, 2.05) is 41.3 Å². The molecule has 1 aromatic heterocycles. The summed E-state index contributed by atoms with van der Waals surface area (Å²) < 4.78 is 48.8. The molecule has 0 spiro atoms. The SMILES string of the molecule is COC(=O)N[C@H](C(=O)N1[C@@H]2CC[C@H](C2)[C@H]1C1=Nc2ccc(-c3ccc4c(c3)C(F)(F)c3cc(-c5cnc([C@@H]6CCCN6C(=O)[C@H](NC(=O)OC)c6ccccc6)[nH]5)ccc3-4)cc2C1)C1CCOCC1. The Hall–Kier alpha value is -6.94. The third kappa shape index (κ3) is 7.91. The van der Waals surface area contributed by atoms with Crippen LogP contribution in [0.4, 0.5) is 24.1 Å². The van der Waals surface area contributed by atoms with Crippen molar-refractivity contribution in [1.29, 1.82) is 0 Å². The van der Waals surface area contributed by atoms with Crippen molar-refractivity contribution in [2.24, 2.45) is 16.8 Å². The van der Waals surface area contributed by atoms with E-state index in [0.717, 1.165) is 48.2 Å². The molecular formula is C53H53F2N7O7. The largest absolute Gasteiger partial charge is 0.453 e. The highest BCUT2D eigenvalue weighted by Crippen LogP contribution is 2.53. The number of imidazole rings is 1. The monoisotopic (exact) mass is 937 g/mol. The summed E-state index contributed by atoms with van der Waals surface area (Å²) in [5.41, 5.74) is 6.61. The Balaban J connectivity index is 0.806. The zero-order chi connectivity index (χ0) is 47.6. The number of piperidine rings is 1. The maximum absolute atomic E-state index is 16.7. The van der Waals surface area contributed by atoms with Gasteiger partial charge in [0.25, 0.3) is 11.8 Å². The highest BCUT2D eigenvalue weighted by Gasteiger charge is 2.53. The number of ether oxygens (including phenoxy) is 3. The van der Waals surface area contributed by atoms with Crippen LogP contribution >= 0.6 is 0 Å². The Labute approximate surface area is 397 Å². The molecule has 6 atom stereocenters. The molecule has 3 saturated heterocycles. The van der Waals surface area contributed by atoms with Crippen molar-refractivity contribution in [3.8, 4) is 33.5 Å². The molecule has 5 aromatic rings. The Morgan fingerprint density at radius 1 is 0.812 bits per heavy atom. The molecule has 6 aliphatic rings. The van der Waals surface area contributed by atoms with Crippen LogP contribution < -0.4 is 10.6 Å². The number of hydrogen-bond donors (Lipinski definition) is 3. The predicted octanol–water partition coefficient (Wildman–Crippen LogP) is 8.78. The second-order valence-electron chi connectivity index (χ2n) is 19.1. The van der Waals surface area contributed by atoms with Crippen molar-refractivity contribution in [2.45, 2.75) is 87.5 Å². The molecule has 0 unspecified atom stereocenters. The number of halogens is 2. The van der Waals surface area contributed by atoms with E-state index < -0.39 is 36.2 Å². The molecule has 16 heteroatoms. The summed E-state index contributed by atoms with van der Waals surface area (Å²) in [6.07, 6.45) is 6.27. The first-order chi connectivity index (χ1) is 33.5. The number of amides is 4. The molecule has 2 bridgehead atoms. The Bertz CT molecular complexity index is 2880. The third-order valence-electron chi connectivity index (χ3n) is 15.3. The number of carbonyl (C=O) groups excluding carboxylic acids is 4. The summed E-state index contributed by atoms with van der Waals surface area (Å²) in [6, 6.07) is 22.9. The van der Waals surface area contributed by atoms with Crippen LogP contribution in [0.2, 0.25) is 0 Å². The molecule has 4 fully saturated rings. The fraction of sp³-hybridized carbons (Fsp3) is 0.396. The number of fused-ring (bicyclic) bond motifs is 6. The zero-order valence-electron chi connectivity index (χ0n) is 38.4. The van der Waals surface area contributed by atoms with Gasteiger partial charge in [-0.2, -0.15) is 8.78 Å². The maximum atomic E-state index is 16.7. The van der Waals surface area contributed by atoms with Gasteiger partial charge in [-0.05, 0) is 114 Å². The number of hydrogen-bond acceptors (Lipinski definition) is 9. The van der Waals surface area contributed by atoms with Crippen LogP contribution in [0.15, 0.2) is 96.1 Å². The lowest BCUT2D eigenvalue weighted by molar-refractivity contribution is -0.138. The molecule has 69 heavy (non-hydrogen) atoms. The molecule has 11 rings (SSSR count). The van der Waals surface area contributed by atoms with E-state index >= 15 is 8.78 Å². The first-order valence-electron chi connectivity index (χ1n) is 23.9. The van der Waals surface area contributed by atoms with Gasteiger partial charge in [-0.3, -0.25) is 14.6 Å². The number of nitrogens with zero attached hydrogens (tertiary/aromatic N) is 4. The minimum Gasteiger partial charge on any atom is -0.453 e. The molecule has 4 aromatic carbocycles. The fourth-order valence-corrected chi connectivity index (χ4v) is 11.9. The van der Waals surface area contributed by atoms with E-state index in [4.69, 9.17) is 19.2 Å². The van der Waals surface area contributed by atoms with Gasteiger partial charge in [-0.1, -0.05) is 60.7 Å². The van der Waals surface area contributed by atoms with E-state index in [0.29, 0.717) is 84.8 Å². The first kappa shape index (κ1) is 44.6. The minimum atomic E-state index is -3.29. The van der Waals surface area contributed by atoms with Crippen LogP contribution in [-0.2, 0) is 36.1 Å². The van der Waals surface area contributed by atoms with Crippen LogP contribution in [0.1, 0.15) is 85.1 Å². The number of methoxy groups -OCH3 is 2. The minimum absolute atomic E-state index is 0.0670. The van der Waals surface area contributed by atoms with Gasteiger partial charge in [-0.25, -0.2) is 14.6 Å². The van der Waals surface area contributed by atoms with Crippen molar-refractivity contribution >= 4 is 35.4 Å². The number of benzene rings is 4. The smallest absolute Gasteiger partial charge is 0.407 e. The predicted molar refractivity (Wildman–Crippen MR) is 252 cm³/mol. The average Bonchev–Trinajstić information content (AvgIpc) is 4.26. The quantitative estimate of drug-likeness (QED) is 0.125. The molecule has 5 heterocycles. The van der Waals surface area contributed by atoms with Crippen LogP contribution in [0.25, 0.3) is 33.5 Å².